The van der Waals surface area contributed by atoms with Crippen LogP contribution in [0, 0.1) is 26.6 Å². The van der Waals surface area contributed by atoms with Crippen molar-refractivity contribution < 1.29 is 13.6 Å². The molecule has 1 aromatic heterocycles. The van der Waals surface area contributed by atoms with Crippen LogP contribution in [0.3, 0.4) is 0 Å². The Balaban J connectivity index is 1.87. The lowest BCUT2D eigenvalue weighted by Crippen LogP contribution is -2.22. The zero-order valence-electron chi connectivity index (χ0n) is 17.0. The van der Waals surface area contributed by atoms with E-state index in [0.29, 0.717) is 17.0 Å². The van der Waals surface area contributed by atoms with Crippen molar-refractivity contribution in [2.75, 3.05) is 5.32 Å². The van der Waals surface area contributed by atoms with Gasteiger partial charge in [-0.3, -0.25) is 4.79 Å². The van der Waals surface area contributed by atoms with E-state index in [-0.39, 0.29) is 17.0 Å². The lowest BCUT2D eigenvalue weighted by molar-refractivity contribution is 0.102. The number of anilines is 1. The summed E-state index contributed by atoms with van der Waals surface area (Å²) in [5.41, 5.74) is 4.97. The molecule has 0 aliphatic rings. The highest BCUT2D eigenvalue weighted by atomic mass is 19.1. The van der Waals surface area contributed by atoms with Crippen LogP contribution in [-0.4, -0.2) is 5.91 Å². The van der Waals surface area contributed by atoms with Crippen molar-refractivity contribution in [3.05, 3.63) is 100 Å². The molecule has 4 rings (SSSR count). The number of rotatable bonds is 3. The van der Waals surface area contributed by atoms with E-state index < -0.39 is 5.82 Å². The normalized spacial score (nSPS) is 11.7. The summed E-state index contributed by atoms with van der Waals surface area (Å²) in [6.07, 6.45) is 0. The van der Waals surface area contributed by atoms with Crippen molar-refractivity contribution in [1.82, 2.24) is 0 Å². The van der Waals surface area contributed by atoms with E-state index in [1.807, 2.05) is 57.2 Å². The highest BCUT2D eigenvalue weighted by Crippen LogP contribution is 2.21. The molecule has 0 radical (unpaired) electrons. The summed E-state index contributed by atoms with van der Waals surface area (Å²) in [6, 6.07) is 19.3. The summed E-state index contributed by atoms with van der Waals surface area (Å²) in [7, 11) is 0. The fraction of sp³-hybridized carbons (Fsp3) is 0.120. The number of hydrogen-bond donors (Lipinski definition) is 1. The predicted molar refractivity (Wildman–Crippen MR) is 116 cm³/mol. The molecule has 0 aliphatic heterocycles. The molecule has 4 aromatic rings. The van der Waals surface area contributed by atoms with Gasteiger partial charge < -0.3 is 9.73 Å². The number of fused-ring (bicyclic) bond motifs is 1. The fourth-order valence-electron chi connectivity index (χ4n) is 3.27. The Morgan fingerprint density at radius 3 is 2.53 bits per heavy atom. The Morgan fingerprint density at radius 1 is 0.933 bits per heavy atom. The molecule has 1 heterocycles. The van der Waals surface area contributed by atoms with Gasteiger partial charge in [0.15, 0.2) is 0 Å². The Kier molecular flexibility index (Phi) is 5.19. The minimum atomic E-state index is -0.401. The maximum Gasteiger partial charge on any atom is 0.261 e. The second-order valence-corrected chi connectivity index (χ2v) is 7.32. The molecule has 30 heavy (non-hydrogen) atoms. The molecule has 0 fully saturated rings. The van der Waals surface area contributed by atoms with Crippen LogP contribution in [0.2, 0.25) is 0 Å². The first-order valence-corrected chi connectivity index (χ1v) is 9.63. The molecule has 1 N–H and O–H groups in total. The summed E-state index contributed by atoms with van der Waals surface area (Å²) in [5.74, 6) is -0.745. The summed E-state index contributed by atoms with van der Waals surface area (Å²) in [4.78, 5) is 17.6. The molecule has 150 valence electrons. The van der Waals surface area contributed by atoms with Crippen LogP contribution in [0.4, 0.5) is 15.8 Å². The smallest absolute Gasteiger partial charge is 0.261 e. The number of carbonyl (C=O) groups is 1. The topological polar surface area (TPSA) is 54.6 Å². The Bertz CT molecular complexity index is 1340. The van der Waals surface area contributed by atoms with Gasteiger partial charge in [0, 0.05) is 11.1 Å². The molecule has 1 amide bonds. The average molecular weight is 400 g/mol. The lowest BCUT2D eigenvalue weighted by atomic mass is 10.1. The zero-order chi connectivity index (χ0) is 21.3. The van der Waals surface area contributed by atoms with E-state index in [0.717, 1.165) is 22.1 Å². The number of para-hydroxylation sites is 1. The SMILES string of the molecule is Cc1ccc(NC(=O)c2cc3ccccc3oc2=Nc2cc(F)ccc2C)c(C)c1. The molecule has 5 heteroatoms. The number of nitrogens with one attached hydrogen (secondary N) is 1. The summed E-state index contributed by atoms with van der Waals surface area (Å²) in [6.45, 7) is 5.77. The molecule has 3 aromatic carbocycles. The van der Waals surface area contributed by atoms with Crippen LogP contribution in [0.25, 0.3) is 11.0 Å². The second-order valence-electron chi connectivity index (χ2n) is 7.32. The molecule has 0 bridgehead atoms. The molecular weight excluding hydrogens is 379 g/mol. The number of carbonyl (C=O) groups excluding carboxylic acids is 1. The quantitative estimate of drug-likeness (QED) is 0.460. The van der Waals surface area contributed by atoms with E-state index in [1.54, 1.807) is 18.2 Å². The van der Waals surface area contributed by atoms with Gasteiger partial charge in [0.05, 0.1) is 5.69 Å². The maximum atomic E-state index is 13.8. The van der Waals surface area contributed by atoms with Gasteiger partial charge in [-0.1, -0.05) is 42.0 Å². The van der Waals surface area contributed by atoms with Crippen LogP contribution in [-0.2, 0) is 0 Å². The third-order valence-corrected chi connectivity index (χ3v) is 4.92. The van der Waals surface area contributed by atoms with Crippen molar-refractivity contribution in [1.29, 1.82) is 0 Å². The standard InChI is InChI=1S/C25H21FN2O2/c1-15-8-11-21(17(3)12-15)27-24(29)20-13-18-6-4-5-7-23(18)30-25(20)28-22-14-19(26)10-9-16(22)2/h4-14H,1-3H3,(H,27,29). The van der Waals surface area contributed by atoms with Gasteiger partial charge in [-0.05, 0) is 62.2 Å². The largest absolute Gasteiger partial charge is 0.438 e. The van der Waals surface area contributed by atoms with Crippen molar-refractivity contribution >= 4 is 28.3 Å². The minimum absolute atomic E-state index is 0.129. The molecular formula is C25H21FN2O2. The Hall–Kier alpha value is -3.73. The number of amides is 1. The fourth-order valence-corrected chi connectivity index (χ4v) is 3.27. The third kappa shape index (κ3) is 4.01. The van der Waals surface area contributed by atoms with Gasteiger partial charge in [-0.15, -0.1) is 0 Å². The summed E-state index contributed by atoms with van der Waals surface area (Å²) >= 11 is 0. The molecule has 0 aliphatic carbocycles. The first-order chi connectivity index (χ1) is 14.4. The molecule has 0 unspecified atom stereocenters. The third-order valence-electron chi connectivity index (χ3n) is 4.92. The Labute approximate surface area is 173 Å². The number of aryl methyl sites for hydroxylation is 3. The van der Waals surface area contributed by atoms with Crippen molar-refractivity contribution in [3.63, 3.8) is 0 Å². The van der Waals surface area contributed by atoms with Gasteiger partial charge >= 0.3 is 0 Å². The van der Waals surface area contributed by atoms with E-state index >= 15 is 0 Å². The van der Waals surface area contributed by atoms with E-state index in [4.69, 9.17) is 4.42 Å². The van der Waals surface area contributed by atoms with Gasteiger partial charge in [0.2, 0.25) is 5.55 Å². The number of hydrogen-bond acceptors (Lipinski definition) is 3. The van der Waals surface area contributed by atoms with Crippen LogP contribution in [0.15, 0.2) is 76.1 Å². The maximum absolute atomic E-state index is 13.8. The predicted octanol–water partition coefficient (Wildman–Crippen LogP) is 5.98. The summed E-state index contributed by atoms with van der Waals surface area (Å²) < 4.78 is 19.7. The number of nitrogens with zero attached hydrogens (tertiary/aromatic N) is 1. The van der Waals surface area contributed by atoms with Gasteiger partial charge in [0.25, 0.3) is 5.91 Å². The highest BCUT2D eigenvalue weighted by Gasteiger charge is 2.14. The van der Waals surface area contributed by atoms with Gasteiger partial charge in [-0.25, -0.2) is 9.38 Å². The molecule has 4 nitrogen and oxygen atoms in total. The molecule has 0 atom stereocenters. The van der Waals surface area contributed by atoms with Gasteiger partial charge in [-0.2, -0.15) is 0 Å². The first-order valence-electron chi connectivity index (χ1n) is 9.63. The highest BCUT2D eigenvalue weighted by molar-refractivity contribution is 6.05. The minimum Gasteiger partial charge on any atom is -0.438 e. The van der Waals surface area contributed by atoms with E-state index in [1.165, 1.54) is 12.1 Å². The molecule has 0 spiro atoms. The monoisotopic (exact) mass is 400 g/mol. The van der Waals surface area contributed by atoms with Crippen molar-refractivity contribution in [3.8, 4) is 0 Å². The Morgan fingerprint density at radius 2 is 1.73 bits per heavy atom. The van der Waals surface area contributed by atoms with Crippen molar-refractivity contribution in [2.45, 2.75) is 20.8 Å². The lowest BCUT2D eigenvalue weighted by Gasteiger charge is -2.10. The van der Waals surface area contributed by atoms with Crippen LogP contribution in [0.5, 0.6) is 0 Å². The van der Waals surface area contributed by atoms with Crippen molar-refractivity contribution in [2.24, 2.45) is 4.99 Å². The molecule has 0 saturated heterocycles. The first kappa shape index (κ1) is 19.6. The van der Waals surface area contributed by atoms with E-state index in [9.17, 15) is 9.18 Å². The number of halogens is 1. The second kappa shape index (κ2) is 7.95. The van der Waals surface area contributed by atoms with E-state index in [2.05, 4.69) is 10.3 Å². The number of benzene rings is 3. The van der Waals surface area contributed by atoms with Crippen LogP contribution < -0.4 is 10.9 Å². The average Bonchev–Trinajstić information content (AvgIpc) is 2.72. The van der Waals surface area contributed by atoms with Crippen LogP contribution >= 0.6 is 0 Å². The summed E-state index contributed by atoms with van der Waals surface area (Å²) in [5, 5.41) is 3.71. The zero-order valence-corrected chi connectivity index (χ0v) is 17.0. The van der Waals surface area contributed by atoms with Crippen LogP contribution in [0.1, 0.15) is 27.0 Å². The molecule has 0 saturated carbocycles. The van der Waals surface area contributed by atoms with Gasteiger partial charge in [0.1, 0.15) is 17.0 Å².